The highest BCUT2D eigenvalue weighted by molar-refractivity contribution is 7.89. The van der Waals surface area contributed by atoms with Crippen molar-refractivity contribution in [3.63, 3.8) is 0 Å². The Morgan fingerprint density at radius 2 is 2.30 bits per heavy atom. The lowest BCUT2D eigenvalue weighted by Crippen LogP contribution is -2.37. The first-order chi connectivity index (χ1) is 8.88. The second-order valence-corrected chi connectivity index (χ2v) is 6.11. The van der Waals surface area contributed by atoms with Crippen molar-refractivity contribution in [2.75, 3.05) is 13.1 Å². The highest BCUT2D eigenvalue weighted by atomic mass is 35.5. The molecule has 2 rings (SSSR count). The second kappa shape index (κ2) is 6.57. The number of carbonyl (C=O) groups is 1. The van der Waals surface area contributed by atoms with Crippen LogP contribution >= 0.6 is 12.4 Å². The monoisotopic (exact) mass is 323 g/mol. The van der Waals surface area contributed by atoms with E-state index in [1.165, 1.54) is 6.92 Å². The third kappa shape index (κ3) is 3.95. The van der Waals surface area contributed by atoms with E-state index in [1.807, 2.05) is 0 Å². The van der Waals surface area contributed by atoms with Crippen LogP contribution in [-0.2, 0) is 10.0 Å². The van der Waals surface area contributed by atoms with Crippen LogP contribution in [0.3, 0.4) is 0 Å². The van der Waals surface area contributed by atoms with Gasteiger partial charge in [-0.1, -0.05) is 0 Å². The van der Waals surface area contributed by atoms with Gasteiger partial charge in [-0.15, -0.1) is 12.4 Å². The van der Waals surface area contributed by atoms with Crippen LogP contribution in [0.5, 0.6) is 0 Å². The SMILES string of the molecule is Cc1oc(C(=O)NCC2CCCN2)cc1S(N)(=O)=O.Cl. The van der Waals surface area contributed by atoms with Crippen molar-refractivity contribution in [1.29, 1.82) is 0 Å². The smallest absolute Gasteiger partial charge is 0.287 e. The van der Waals surface area contributed by atoms with Gasteiger partial charge in [0.2, 0.25) is 10.0 Å². The molecular weight excluding hydrogens is 306 g/mol. The van der Waals surface area contributed by atoms with Crippen molar-refractivity contribution in [2.45, 2.75) is 30.7 Å². The molecule has 0 radical (unpaired) electrons. The van der Waals surface area contributed by atoms with E-state index in [0.29, 0.717) is 6.54 Å². The molecule has 1 saturated heterocycles. The van der Waals surface area contributed by atoms with Gasteiger partial charge in [-0.25, -0.2) is 13.6 Å². The van der Waals surface area contributed by atoms with E-state index >= 15 is 0 Å². The number of rotatable bonds is 4. The van der Waals surface area contributed by atoms with Gasteiger partial charge in [0.15, 0.2) is 5.76 Å². The first kappa shape index (κ1) is 17.0. The molecule has 1 unspecified atom stereocenters. The van der Waals surface area contributed by atoms with Gasteiger partial charge in [0.1, 0.15) is 10.7 Å². The van der Waals surface area contributed by atoms with Gasteiger partial charge in [0.05, 0.1) is 0 Å². The number of hydrogen-bond donors (Lipinski definition) is 3. The number of halogens is 1. The van der Waals surface area contributed by atoms with Crippen molar-refractivity contribution in [1.82, 2.24) is 10.6 Å². The molecular formula is C11H18ClN3O4S. The van der Waals surface area contributed by atoms with E-state index < -0.39 is 15.9 Å². The molecule has 7 nitrogen and oxygen atoms in total. The molecule has 20 heavy (non-hydrogen) atoms. The number of nitrogens with two attached hydrogens (primary N) is 1. The standard InChI is InChI=1S/C11H17N3O4S.ClH/c1-7-10(19(12,16)17)5-9(18-7)11(15)14-6-8-3-2-4-13-8;/h5,8,13H,2-4,6H2,1H3,(H,14,15)(H2,12,16,17);1H. The molecule has 9 heteroatoms. The predicted octanol–water partition coefficient (Wildman–Crippen LogP) is 0.139. The number of furan rings is 1. The van der Waals surface area contributed by atoms with Crippen molar-refractivity contribution >= 4 is 28.3 Å². The van der Waals surface area contributed by atoms with Crippen LogP contribution in [-0.4, -0.2) is 33.5 Å². The van der Waals surface area contributed by atoms with Crippen molar-refractivity contribution in [3.8, 4) is 0 Å². The maximum Gasteiger partial charge on any atom is 0.287 e. The summed E-state index contributed by atoms with van der Waals surface area (Å²) in [4.78, 5) is 11.7. The second-order valence-electron chi connectivity index (χ2n) is 4.58. The molecule has 0 spiro atoms. The fourth-order valence-electron chi connectivity index (χ4n) is 2.09. The molecule has 0 bridgehead atoms. The minimum atomic E-state index is -3.86. The summed E-state index contributed by atoms with van der Waals surface area (Å²) in [6.07, 6.45) is 2.11. The first-order valence-electron chi connectivity index (χ1n) is 6.03. The molecule has 4 N–H and O–H groups in total. The van der Waals surface area contributed by atoms with Crippen molar-refractivity contribution < 1.29 is 17.6 Å². The van der Waals surface area contributed by atoms with Crippen molar-refractivity contribution in [2.24, 2.45) is 5.14 Å². The molecule has 0 aliphatic carbocycles. The Kier molecular flexibility index (Phi) is 5.58. The highest BCUT2D eigenvalue weighted by Crippen LogP contribution is 2.18. The van der Waals surface area contributed by atoms with Gasteiger partial charge in [-0.2, -0.15) is 0 Å². The minimum absolute atomic E-state index is 0. The number of amides is 1. The molecule has 2 heterocycles. The first-order valence-corrected chi connectivity index (χ1v) is 7.57. The zero-order valence-corrected chi connectivity index (χ0v) is 12.6. The van der Waals surface area contributed by atoms with Gasteiger partial charge < -0.3 is 15.1 Å². The number of aryl methyl sites for hydroxylation is 1. The van der Waals surface area contributed by atoms with Crippen LogP contribution in [0.1, 0.15) is 29.2 Å². The number of primary sulfonamides is 1. The molecule has 114 valence electrons. The summed E-state index contributed by atoms with van der Waals surface area (Å²) >= 11 is 0. The molecule has 1 aromatic rings. The van der Waals surface area contributed by atoms with Crippen LogP contribution in [0.2, 0.25) is 0 Å². The third-order valence-electron chi connectivity index (χ3n) is 3.07. The molecule has 1 amide bonds. The Morgan fingerprint density at radius 1 is 1.60 bits per heavy atom. The maximum atomic E-state index is 11.8. The van der Waals surface area contributed by atoms with E-state index in [-0.39, 0.29) is 34.9 Å². The molecule has 1 aromatic heterocycles. The average molecular weight is 324 g/mol. The summed E-state index contributed by atoms with van der Waals surface area (Å²) in [6.45, 7) is 2.90. The highest BCUT2D eigenvalue weighted by Gasteiger charge is 2.22. The Labute approximate surface area is 123 Å². The summed E-state index contributed by atoms with van der Waals surface area (Å²) in [5.41, 5.74) is 0. The average Bonchev–Trinajstić information content (AvgIpc) is 2.93. The Hall–Kier alpha value is -1.09. The Morgan fingerprint density at radius 3 is 2.80 bits per heavy atom. The zero-order chi connectivity index (χ0) is 14.0. The number of carbonyl (C=O) groups excluding carboxylic acids is 1. The molecule has 0 saturated carbocycles. The van der Waals surface area contributed by atoms with Crippen LogP contribution in [0.25, 0.3) is 0 Å². The Bertz CT molecular complexity index is 578. The summed E-state index contributed by atoms with van der Waals surface area (Å²) < 4.78 is 27.6. The predicted molar refractivity (Wildman–Crippen MR) is 75.4 cm³/mol. The van der Waals surface area contributed by atoms with E-state index in [1.54, 1.807) is 0 Å². The topological polar surface area (TPSA) is 114 Å². The quantitative estimate of drug-likeness (QED) is 0.729. The number of hydrogen-bond acceptors (Lipinski definition) is 5. The molecule has 1 atom stereocenters. The van der Waals surface area contributed by atoms with Gasteiger partial charge in [0.25, 0.3) is 5.91 Å². The zero-order valence-electron chi connectivity index (χ0n) is 11.0. The summed E-state index contributed by atoms with van der Waals surface area (Å²) in [5.74, 6) is -0.363. The molecule has 1 fully saturated rings. The van der Waals surface area contributed by atoms with Gasteiger partial charge in [-0.05, 0) is 26.3 Å². The van der Waals surface area contributed by atoms with Crippen LogP contribution in [0.15, 0.2) is 15.4 Å². The molecule has 1 aliphatic rings. The lowest BCUT2D eigenvalue weighted by Gasteiger charge is -2.10. The molecule has 0 aromatic carbocycles. The van der Waals surface area contributed by atoms with Gasteiger partial charge in [-0.3, -0.25) is 4.79 Å². The van der Waals surface area contributed by atoms with Crippen LogP contribution in [0, 0.1) is 6.92 Å². The fraction of sp³-hybridized carbons (Fsp3) is 0.545. The van der Waals surface area contributed by atoms with Crippen molar-refractivity contribution in [3.05, 3.63) is 17.6 Å². The minimum Gasteiger partial charge on any atom is -0.455 e. The maximum absolute atomic E-state index is 11.8. The summed E-state index contributed by atoms with van der Waals surface area (Å²) in [6, 6.07) is 1.42. The third-order valence-corrected chi connectivity index (χ3v) is 4.09. The summed E-state index contributed by atoms with van der Waals surface area (Å²) in [7, 11) is -3.86. The van der Waals surface area contributed by atoms with E-state index in [2.05, 4.69) is 10.6 Å². The van der Waals surface area contributed by atoms with E-state index in [0.717, 1.165) is 25.5 Å². The normalized spacial score (nSPS) is 18.6. The fourth-order valence-corrected chi connectivity index (χ4v) is 2.81. The lowest BCUT2D eigenvalue weighted by atomic mass is 10.2. The van der Waals surface area contributed by atoms with E-state index in [9.17, 15) is 13.2 Å². The van der Waals surface area contributed by atoms with Gasteiger partial charge in [0, 0.05) is 18.7 Å². The molecule has 1 aliphatic heterocycles. The largest absolute Gasteiger partial charge is 0.455 e. The number of sulfonamides is 1. The van der Waals surface area contributed by atoms with Crippen LogP contribution < -0.4 is 15.8 Å². The Balaban J connectivity index is 0.00000200. The van der Waals surface area contributed by atoms with Crippen LogP contribution in [0.4, 0.5) is 0 Å². The van der Waals surface area contributed by atoms with E-state index in [4.69, 9.17) is 9.56 Å². The van der Waals surface area contributed by atoms with Gasteiger partial charge >= 0.3 is 0 Å². The lowest BCUT2D eigenvalue weighted by molar-refractivity contribution is 0.0921. The summed E-state index contributed by atoms with van der Waals surface area (Å²) in [5, 5.41) is 11.0. The number of nitrogens with one attached hydrogen (secondary N) is 2.